The molecule has 1 amide bonds. The van der Waals surface area contributed by atoms with Crippen LogP contribution in [0.4, 0.5) is 5.13 Å². The number of carbonyl (C=O) groups is 1. The molecule has 5 nitrogen and oxygen atoms in total. The minimum absolute atomic E-state index is 0.259. The Kier molecular flexibility index (Phi) is 5.77. The molecular weight excluding hydrogens is 358 g/mol. The van der Waals surface area contributed by atoms with Gasteiger partial charge >= 0.3 is 0 Å². The van der Waals surface area contributed by atoms with E-state index >= 15 is 0 Å². The topological polar surface area (TPSA) is 64.1 Å². The van der Waals surface area contributed by atoms with Crippen molar-refractivity contribution in [2.75, 3.05) is 5.32 Å². The van der Waals surface area contributed by atoms with Gasteiger partial charge in [-0.15, -0.1) is 10.2 Å². The van der Waals surface area contributed by atoms with E-state index in [1.165, 1.54) is 17.4 Å². The Hall–Kier alpha value is -2.70. The molecule has 0 aliphatic rings. The molecule has 0 saturated carbocycles. The van der Waals surface area contributed by atoms with Crippen LogP contribution in [0.25, 0.3) is 6.08 Å². The maximum atomic E-state index is 11.9. The van der Waals surface area contributed by atoms with Crippen molar-refractivity contribution in [2.45, 2.75) is 6.61 Å². The van der Waals surface area contributed by atoms with E-state index in [4.69, 9.17) is 16.3 Å². The number of benzene rings is 2. The van der Waals surface area contributed by atoms with Gasteiger partial charge in [0.05, 0.1) is 0 Å². The van der Waals surface area contributed by atoms with Crippen LogP contribution in [0.2, 0.25) is 5.02 Å². The Labute approximate surface area is 153 Å². The zero-order chi connectivity index (χ0) is 17.5. The van der Waals surface area contributed by atoms with E-state index in [0.717, 1.165) is 5.56 Å². The van der Waals surface area contributed by atoms with Crippen molar-refractivity contribution in [1.29, 1.82) is 0 Å². The standard InChI is InChI=1S/C18H14ClN3O2S/c19-14-7-9-15(10-8-14)24-12-17-21-22-18(25-17)20-16(23)11-6-13-4-2-1-3-5-13/h1-11H,12H2,(H,20,22,23). The highest BCUT2D eigenvalue weighted by atomic mass is 35.5. The zero-order valence-corrected chi connectivity index (χ0v) is 14.6. The van der Waals surface area contributed by atoms with E-state index in [1.807, 2.05) is 30.3 Å². The van der Waals surface area contributed by atoms with Gasteiger partial charge in [0.1, 0.15) is 12.4 Å². The highest BCUT2D eigenvalue weighted by Gasteiger charge is 2.07. The number of ether oxygens (including phenoxy) is 1. The van der Waals surface area contributed by atoms with Crippen molar-refractivity contribution >= 4 is 40.1 Å². The van der Waals surface area contributed by atoms with E-state index < -0.39 is 0 Å². The molecule has 0 fully saturated rings. The molecule has 25 heavy (non-hydrogen) atoms. The van der Waals surface area contributed by atoms with Crippen molar-refractivity contribution in [3.05, 3.63) is 76.3 Å². The molecule has 1 N–H and O–H groups in total. The van der Waals surface area contributed by atoms with Crippen molar-refractivity contribution in [2.24, 2.45) is 0 Å². The van der Waals surface area contributed by atoms with Gasteiger partial charge in [-0.1, -0.05) is 53.3 Å². The lowest BCUT2D eigenvalue weighted by atomic mass is 10.2. The number of nitrogens with one attached hydrogen (secondary N) is 1. The number of hydrogen-bond donors (Lipinski definition) is 1. The number of amides is 1. The van der Waals surface area contributed by atoms with Gasteiger partial charge in [-0.3, -0.25) is 10.1 Å². The zero-order valence-electron chi connectivity index (χ0n) is 13.1. The minimum atomic E-state index is -0.259. The molecule has 2 aromatic carbocycles. The summed E-state index contributed by atoms with van der Waals surface area (Å²) in [6.07, 6.45) is 3.20. The second-order valence-corrected chi connectivity index (χ2v) is 6.48. The lowest BCUT2D eigenvalue weighted by Gasteiger charge is -2.02. The van der Waals surface area contributed by atoms with Crippen LogP contribution in [0.5, 0.6) is 5.75 Å². The third-order valence-electron chi connectivity index (χ3n) is 3.10. The van der Waals surface area contributed by atoms with E-state index in [0.29, 0.717) is 20.9 Å². The molecule has 0 spiro atoms. The first-order chi connectivity index (χ1) is 12.2. The molecule has 0 unspecified atom stereocenters. The summed E-state index contributed by atoms with van der Waals surface area (Å²) in [6.45, 7) is 0.273. The Morgan fingerprint density at radius 2 is 1.88 bits per heavy atom. The highest BCUT2D eigenvalue weighted by molar-refractivity contribution is 7.15. The highest BCUT2D eigenvalue weighted by Crippen LogP contribution is 2.20. The minimum Gasteiger partial charge on any atom is -0.486 e. The first-order valence-electron chi connectivity index (χ1n) is 7.44. The lowest BCUT2D eigenvalue weighted by Crippen LogP contribution is -2.07. The monoisotopic (exact) mass is 371 g/mol. The number of aromatic nitrogens is 2. The van der Waals surface area contributed by atoms with Gasteiger partial charge in [0.25, 0.3) is 0 Å². The number of hydrogen-bond acceptors (Lipinski definition) is 5. The van der Waals surface area contributed by atoms with E-state index in [9.17, 15) is 4.79 Å². The van der Waals surface area contributed by atoms with Crippen LogP contribution in [0, 0.1) is 0 Å². The third kappa shape index (κ3) is 5.41. The molecule has 3 aromatic rings. The van der Waals surface area contributed by atoms with Crippen LogP contribution in [0.1, 0.15) is 10.6 Å². The molecule has 0 bridgehead atoms. The normalized spacial score (nSPS) is 10.8. The van der Waals surface area contributed by atoms with Crippen LogP contribution in [0.3, 0.4) is 0 Å². The summed E-state index contributed by atoms with van der Waals surface area (Å²) in [7, 11) is 0. The molecule has 0 radical (unpaired) electrons. The number of rotatable bonds is 6. The van der Waals surface area contributed by atoms with Gasteiger partial charge in [0, 0.05) is 11.1 Å². The van der Waals surface area contributed by atoms with Crippen molar-refractivity contribution in [3.8, 4) is 5.75 Å². The molecule has 1 heterocycles. The van der Waals surface area contributed by atoms with E-state index in [1.54, 1.807) is 30.3 Å². The smallest absolute Gasteiger partial charge is 0.250 e. The summed E-state index contributed by atoms with van der Waals surface area (Å²) in [5.74, 6) is 0.432. The second-order valence-electron chi connectivity index (χ2n) is 4.98. The quantitative estimate of drug-likeness (QED) is 0.651. The van der Waals surface area contributed by atoms with E-state index in [-0.39, 0.29) is 12.5 Å². The molecule has 0 aliphatic carbocycles. The van der Waals surface area contributed by atoms with E-state index in [2.05, 4.69) is 15.5 Å². The summed E-state index contributed by atoms with van der Waals surface area (Å²) in [4.78, 5) is 11.9. The molecule has 3 rings (SSSR count). The van der Waals surface area contributed by atoms with Gasteiger partial charge in [-0.2, -0.15) is 0 Å². The van der Waals surface area contributed by atoms with Gasteiger partial charge in [0.15, 0.2) is 5.01 Å². The fourth-order valence-corrected chi connectivity index (χ4v) is 2.70. The first-order valence-corrected chi connectivity index (χ1v) is 8.63. The number of nitrogens with zero attached hydrogens (tertiary/aromatic N) is 2. The van der Waals surface area contributed by atoms with Gasteiger partial charge in [-0.05, 0) is 35.9 Å². The predicted octanol–water partition coefficient (Wildman–Crippen LogP) is 4.42. The van der Waals surface area contributed by atoms with Gasteiger partial charge < -0.3 is 4.74 Å². The van der Waals surface area contributed by atoms with Crippen LogP contribution in [-0.4, -0.2) is 16.1 Å². The van der Waals surface area contributed by atoms with Gasteiger partial charge in [-0.25, -0.2) is 0 Å². The maximum absolute atomic E-state index is 11.9. The summed E-state index contributed by atoms with van der Waals surface area (Å²) < 4.78 is 5.59. The van der Waals surface area contributed by atoms with Crippen molar-refractivity contribution in [1.82, 2.24) is 10.2 Å². The molecule has 0 aliphatic heterocycles. The van der Waals surface area contributed by atoms with Gasteiger partial charge in [0.2, 0.25) is 11.0 Å². The SMILES string of the molecule is O=C(C=Cc1ccccc1)Nc1nnc(COc2ccc(Cl)cc2)s1. The summed E-state index contributed by atoms with van der Waals surface area (Å²) >= 11 is 7.09. The summed E-state index contributed by atoms with van der Waals surface area (Å²) in [5.41, 5.74) is 0.951. The molecule has 7 heteroatoms. The average molecular weight is 372 g/mol. The largest absolute Gasteiger partial charge is 0.486 e. The number of halogens is 1. The lowest BCUT2D eigenvalue weighted by molar-refractivity contribution is -0.111. The fourth-order valence-electron chi connectivity index (χ4n) is 1.92. The van der Waals surface area contributed by atoms with Crippen LogP contribution in [-0.2, 0) is 11.4 Å². The summed E-state index contributed by atoms with van der Waals surface area (Å²) in [6, 6.07) is 16.6. The maximum Gasteiger partial charge on any atom is 0.250 e. The molecule has 126 valence electrons. The Bertz CT molecular complexity index is 864. The Morgan fingerprint density at radius 3 is 2.64 bits per heavy atom. The fraction of sp³-hybridized carbons (Fsp3) is 0.0556. The second kappa shape index (κ2) is 8.41. The molecule has 1 aromatic heterocycles. The van der Waals surface area contributed by atoms with Crippen molar-refractivity contribution in [3.63, 3.8) is 0 Å². The average Bonchev–Trinajstić information content (AvgIpc) is 3.08. The van der Waals surface area contributed by atoms with Crippen LogP contribution < -0.4 is 10.1 Å². The summed E-state index contributed by atoms with van der Waals surface area (Å²) in [5, 5.41) is 12.4. The number of carbonyl (C=O) groups excluding carboxylic acids is 1. The third-order valence-corrected chi connectivity index (χ3v) is 4.16. The Morgan fingerprint density at radius 1 is 1.12 bits per heavy atom. The first kappa shape index (κ1) is 17.1. The Balaban J connectivity index is 1.51. The molecular formula is C18H14ClN3O2S. The molecule has 0 saturated heterocycles. The van der Waals surface area contributed by atoms with Crippen LogP contribution >= 0.6 is 22.9 Å². The molecule has 0 atom stereocenters. The predicted molar refractivity (Wildman–Crippen MR) is 99.8 cm³/mol. The van der Waals surface area contributed by atoms with Crippen molar-refractivity contribution < 1.29 is 9.53 Å². The van der Waals surface area contributed by atoms with Crippen LogP contribution in [0.15, 0.2) is 60.7 Å². The number of anilines is 1.